The van der Waals surface area contributed by atoms with E-state index in [2.05, 4.69) is 10.2 Å². The number of thioether (sulfide) groups is 1. The van der Waals surface area contributed by atoms with E-state index < -0.39 is 0 Å². The lowest BCUT2D eigenvalue weighted by molar-refractivity contribution is 0.415. The number of nitrogens with zero attached hydrogens (tertiary/aromatic N) is 2. The van der Waals surface area contributed by atoms with Gasteiger partial charge in [0.2, 0.25) is 5.89 Å². The standard InChI is InChI=1S/C10H10FN3OS/c11-8-3-1-2-7(4-8)6-16-10-14-13-9(5-12)15-10/h1-4H,5-6,12H2. The van der Waals surface area contributed by atoms with Crippen molar-refractivity contribution in [2.75, 3.05) is 0 Å². The van der Waals surface area contributed by atoms with Crippen molar-refractivity contribution in [2.24, 2.45) is 5.73 Å². The molecule has 0 radical (unpaired) electrons. The average molecular weight is 239 g/mol. The van der Waals surface area contributed by atoms with Gasteiger partial charge in [0.05, 0.1) is 6.54 Å². The number of halogens is 1. The number of hydrogen-bond acceptors (Lipinski definition) is 5. The summed E-state index contributed by atoms with van der Waals surface area (Å²) < 4.78 is 18.1. The fourth-order valence-corrected chi connectivity index (χ4v) is 1.87. The van der Waals surface area contributed by atoms with Gasteiger partial charge in [0.15, 0.2) is 0 Å². The van der Waals surface area contributed by atoms with Crippen molar-refractivity contribution in [2.45, 2.75) is 17.5 Å². The highest BCUT2D eigenvalue weighted by Gasteiger charge is 2.05. The van der Waals surface area contributed by atoms with Crippen LogP contribution in [0.15, 0.2) is 33.9 Å². The minimum atomic E-state index is -0.244. The zero-order chi connectivity index (χ0) is 11.4. The third-order valence-corrected chi connectivity index (χ3v) is 2.76. The van der Waals surface area contributed by atoms with Crippen molar-refractivity contribution < 1.29 is 8.81 Å². The average Bonchev–Trinajstić information content (AvgIpc) is 2.74. The first kappa shape index (κ1) is 11.1. The molecule has 1 aromatic carbocycles. The smallest absolute Gasteiger partial charge is 0.276 e. The Bertz CT molecular complexity index is 475. The Hall–Kier alpha value is -1.40. The first-order valence-corrected chi connectivity index (χ1v) is 5.66. The molecule has 2 N–H and O–H groups in total. The predicted octanol–water partition coefficient (Wildman–Crippen LogP) is 1.96. The molecule has 2 rings (SSSR count). The minimum absolute atomic E-state index is 0.230. The first-order chi connectivity index (χ1) is 7.78. The summed E-state index contributed by atoms with van der Waals surface area (Å²) in [7, 11) is 0. The summed E-state index contributed by atoms with van der Waals surface area (Å²) in [6.07, 6.45) is 0. The highest BCUT2D eigenvalue weighted by molar-refractivity contribution is 7.98. The maximum absolute atomic E-state index is 12.9. The van der Waals surface area contributed by atoms with Crippen LogP contribution in [0.2, 0.25) is 0 Å². The van der Waals surface area contributed by atoms with Crippen molar-refractivity contribution in [1.29, 1.82) is 0 Å². The van der Waals surface area contributed by atoms with Gasteiger partial charge in [0.25, 0.3) is 5.22 Å². The molecule has 0 unspecified atom stereocenters. The van der Waals surface area contributed by atoms with Gasteiger partial charge in [-0.1, -0.05) is 23.9 Å². The molecule has 0 saturated heterocycles. The van der Waals surface area contributed by atoms with Gasteiger partial charge in [-0.25, -0.2) is 4.39 Å². The van der Waals surface area contributed by atoms with Crippen LogP contribution in [0.3, 0.4) is 0 Å². The topological polar surface area (TPSA) is 64.9 Å². The van der Waals surface area contributed by atoms with Crippen LogP contribution in [0.4, 0.5) is 4.39 Å². The molecule has 0 aliphatic carbocycles. The molecule has 0 spiro atoms. The molecule has 2 aromatic rings. The monoisotopic (exact) mass is 239 g/mol. The Balaban J connectivity index is 1.96. The first-order valence-electron chi connectivity index (χ1n) is 4.67. The Morgan fingerprint density at radius 2 is 2.25 bits per heavy atom. The SMILES string of the molecule is NCc1nnc(SCc2cccc(F)c2)o1. The van der Waals surface area contributed by atoms with Crippen molar-refractivity contribution in [3.63, 3.8) is 0 Å². The fourth-order valence-electron chi connectivity index (χ4n) is 1.15. The Kier molecular flexibility index (Phi) is 3.53. The minimum Gasteiger partial charge on any atom is -0.415 e. The largest absolute Gasteiger partial charge is 0.415 e. The molecule has 6 heteroatoms. The zero-order valence-electron chi connectivity index (χ0n) is 8.39. The second-order valence-electron chi connectivity index (χ2n) is 3.08. The molecule has 16 heavy (non-hydrogen) atoms. The van der Waals surface area contributed by atoms with Crippen LogP contribution in [0.5, 0.6) is 0 Å². The van der Waals surface area contributed by atoms with E-state index >= 15 is 0 Å². The summed E-state index contributed by atoms with van der Waals surface area (Å²) in [5.74, 6) is 0.747. The molecule has 0 aliphatic rings. The van der Waals surface area contributed by atoms with Gasteiger partial charge in [-0.3, -0.25) is 0 Å². The van der Waals surface area contributed by atoms with Gasteiger partial charge in [0, 0.05) is 5.75 Å². The van der Waals surface area contributed by atoms with E-state index in [1.807, 2.05) is 6.07 Å². The molecule has 84 valence electrons. The molecule has 0 fully saturated rings. The summed E-state index contributed by atoms with van der Waals surface area (Å²) in [6.45, 7) is 0.230. The molecule has 4 nitrogen and oxygen atoms in total. The van der Waals surface area contributed by atoms with E-state index in [1.54, 1.807) is 6.07 Å². The van der Waals surface area contributed by atoms with E-state index in [9.17, 15) is 4.39 Å². The van der Waals surface area contributed by atoms with Gasteiger partial charge in [-0.2, -0.15) is 0 Å². The van der Waals surface area contributed by atoms with E-state index in [-0.39, 0.29) is 12.4 Å². The molecule has 0 bridgehead atoms. The van der Waals surface area contributed by atoms with Gasteiger partial charge in [-0.05, 0) is 17.7 Å². The molecule has 0 saturated carbocycles. The maximum Gasteiger partial charge on any atom is 0.276 e. The summed E-state index contributed by atoms with van der Waals surface area (Å²) in [5, 5.41) is 7.97. The molecular weight excluding hydrogens is 229 g/mol. The highest BCUT2D eigenvalue weighted by atomic mass is 32.2. The number of aromatic nitrogens is 2. The van der Waals surface area contributed by atoms with Gasteiger partial charge in [0.1, 0.15) is 5.82 Å². The van der Waals surface area contributed by atoms with Crippen LogP contribution in [-0.2, 0) is 12.3 Å². The number of nitrogens with two attached hydrogens (primary N) is 1. The number of hydrogen-bond donors (Lipinski definition) is 1. The summed E-state index contributed by atoms with van der Waals surface area (Å²) in [6, 6.07) is 6.40. The summed E-state index contributed by atoms with van der Waals surface area (Å²) in [5.41, 5.74) is 6.21. The van der Waals surface area contributed by atoms with Crippen LogP contribution < -0.4 is 5.73 Å². The fraction of sp³-hybridized carbons (Fsp3) is 0.200. The molecule has 0 atom stereocenters. The number of rotatable bonds is 4. The van der Waals surface area contributed by atoms with E-state index in [0.717, 1.165) is 5.56 Å². The summed E-state index contributed by atoms with van der Waals surface area (Å²) >= 11 is 1.36. The van der Waals surface area contributed by atoms with Crippen LogP contribution in [0.1, 0.15) is 11.5 Å². The van der Waals surface area contributed by atoms with Crippen molar-refractivity contribution in [3.8, 4) is 0 Å². The van der Waals surface area contributed by atoms with Crippen LogP contribution in [0, 0.1) is 5.82 Å². The third-order valence-electron chi connectivity index (χ3n) is 1.87. The van der Waals surface area contributed by atoms with E-state index in [1.165, 1.54) is 23.9 Å². The lowest BCUT2D eigenvalue weighted by Crippen LogP contribution is -1.95. The Labute approximate surface area is 96.0 Å². The van der Waals surface area contributed by atoms with Gasteiger partial charge < -0.3 is 10.2 Å². The predicted molar refractivity (Wildman–Crippen MR) is 58.2 cm³/mol. The lowest BCUT2D eigenvalue weighted by Gasteiger charge is -1.97. The quantitative estimate of drug-likeness (QED) is 0.826. The van der Waals surface area contributed by atoms with Gasteiger partial charge >= 0.3 is 0 Å². The number of benzene rings is 1. The highest BCUT2D eigenvalue weighted by Crippen LogP contribution is 2.21. The van der Waals surface area contributed by atoms with Crippen LogP contribution in [0.25, 0.3) is 0 Å². The van der Waals surface area contributed by atoms with E-state index in [4.69, 9.17) is 10.2 Å². The zero-order valence-corrected chi connectivity index (χ0v) is 9.21. The lowest BCUT2D eigenvalue weighted by atomic mass is 10.2. The van der Waals surface area contributed by atoms with Crippen LogP contribution >= 0.6 is 11.8 Å². The Morgan fingerprint density at radius 3 is 2.94 bits per heavy atom. The summed E-state index contributed by atoms with van der Waals surface area (Å²) in [4.78, 5) is 0. The normalized spacial score (nSPS) is 10.6. The van der Waals surface area contributed by atoms with Crippen molar-refractivity contribution >= 4 is 11.8 Å². The van der Waals surface area contributed by atoms with Crippen molar-refractivity contribution in [1.82, 2.24) is 10.2 Å². The molecule has 1 heterocycles. The molecular formula is C10H10FN3OS. The van der Waals surface area contributed by atoms with Gasteiger partial charge in [-0.15, -0.1) is 10.2 Å². The van der Waals surface area contributed by atoms with Crippen LogP contribution in [-0.4, -0.2) is 10.2 Å². The third kappa shape index (κ3) is 2.80. The maximum atomic E-state index is 12.9. The second-order valence-corrected chi connectivity index (χ2v) is 4.01. The van der Waals surface area contributed by atoms with Crippen molar-refractivity contribution in [3.05, 3.63) is 41.5 Å². The molecule has 1 aromatic heterocycles. The second kappa shape index (κ2) is 5.09. The Morgan fingerprint density at radius 1 is 1.38 bits per heavy atom. The molecule has 0 aliphatic heterocycles. The van der Waals surface area contributed by atoms with E-state index in [0.29, 0.717) is 16.9 Å². The molecule has 0 amide bonds.